The van der Waals surface area contributed by atoms with Crippen LogP contribution in [0.5, 0.6) is 5.75 Å². The summed E-state index contributed by atoms with van der Waals surface area (Å²) >= 11 is 0. The normalized spacial score (nSPS) is 10.8. The molecule has 0 radical (unpaired) electrons. The van der Waals surface area contributed by atoms with Gasteiger partial charge in [-0.15, -0.1) is 0 Å². The van der Waals surface area contributed by atoms with Crippen molar-refractivity contribution in [3.05, 3.63) is 58.4 Å². The Morgan fingerprint density at radius 3 is 2.59 bits per heavy atom. The number of halogens is 3. The molecule has 0 aliphatic heterocycles. The number of ether oxygens (including phenoxy) is 2. The predicted molar refractivity (Wildman–Crippen MR) is 92.9 cm³/mol. The number of rotatable bonds is 6. The highest BCUT2D eigenvalue weighted by molar-refractivity contribution is 5.85. The first-order valence-corrected chi connectivity index (χ1v) is 8.18. The second-order valence-corrected chi connectivity index (χ2v) is 5.78. The topological polar surface area (TPSA) is 59.0 Å². The largest absolute Gasteiger partial charge is 0.488 e. The SMILES string of the molecule is CCc1cc(C(F)F)c(OCc2c(F)cccc2N(O)C(=O)OC)cc1C. The van der Waals surface area contributed by atoms with E-state index in [1.807, 2.05) is 6.92 Å². The number of alkyl halides is 2. The maximum Gasteiger partial charge on any atom is 0.438 e. The van der Waals surface area contributed by atoms with Gasteiger partial charge >= 0.3 is 6.09 Å². The molecule has 0 saturated carbocycles. The molecule has 0 fully saturated rings. The van der Waals surface area contributed by atoms with Crippen LogP contribution in [0.15, 0.2) is 30.3 Å². The summed E-state index contributed by atoms with van der Waals surface area (Å²) in [6, 6.07) is 6.50. The van der Waals surface area contributed by atoms with Gasteiger partial charge < -0.3 is 9.47 Å². The second-order valence-electron chi connectivity index (χ2n) is 5.78. The van der Waals surface area contributed by atoms with E-state index >= 15 is 0 Å². The average molecular weight is 383 g/mol. The van der Waals surface area contributed by atoms with Crippen molar-refractivity contribution in [2.45, 2.75) is 33.3 Å². The third-order valence-electron chi connectivity index (χ3n) is 4.13. The van der Waals surface area contributed by atoms with Crippen LogP contribution in [0.1, 0.15) is 35.6 Å². The van der Waals surface area contributed by atoms with Crippen LogP contribution in [-0.4, -0.2) is 18.4 Å². The van der Waals surface area contributed by atoms with Gasteiger partial charge in [-0.25, -0.2) is 18.0 Å². The lowest BCUT2D eigenvalue weighted by Gasteiger charge is -2.19. The maximum absolute atomic E-state index is 14.2. The lowest BCUT2D eigenvalue weighted by Crippen LogP contribution is -2.28. The quantitative estimate of drug-likeness (QED) is 0.552. The molecular weight excluding hydrogens is 363 g/mol. The molecule has 2 aromatic carbocycles. The molecule has 27 heavy (non-hydrogen) atoms. The standard InChI is InChI=1S/C19H20F3NO4/c1-4-12-9-13(18(21)22)17(8-11(12)2)27-10-14-15(20)6-5-7-16(14)23(25)19(24)26-3/h5-9,18,25H,4,10H2,1-3H3. The molecule has 1 amide bonds. The highest BCUT2D eigenvalue weighted by Crippen LogP contribution is 2.33. The molecule has 0 aliphatic carbocycles. The fourth-order valence-corrected chi connectivity index (χ4v) is 2.65. The van der Waals surface area contributed by atoms with E-state index in [0.717, 1.165) is 24.3 Å². The predicted octanol–water partition coefficient (Wildman–Crippen LogP) is 5.18. The molecule has 0 spiro atoms. The Kier molecular flexibility index (Phi) is 6.68. The third kappa shape index (κ3) is 4.51. The van der Waals surface area contributed by atoms with Gasteiger partial charge in [-0.2, -0.15) is 5.06 Å². The van der Waals surface area contributed by atoms with Crippen LogP contribution in [0.2, 0.25) is 0 Å². The van der Waals surface area contributed by atoms with Gasteiger partial charge in [0.2, 0.25) is 0 Å². The van der Waals surface area contributed by atoms with E-state index in [4.69, 9.17) is 4.74 Å². The molecule has 5 nitrogen and oxygen atoms in total. The number of carbonyl (C=O) groups excluding carboxylic acids is 1. The van der Waals surface area contributed by atoms with Gasteiger partial charge in [0, 0.05) is 0 Å². The van der Waals surface area contributed by atoms with Crippen molar-refractivity contribution in [1.82, 2.24) is 0 Å². The number of hydroxylamine groups is 1. The van der Waals surface area contributed by atoms with E-state index in [2.05, 4.69) is 4.74 Å². The first kappa shape index (κ1) is 20.6. The number of hydrogen-bond donors (Lipinski definition) is 1. The fraction of sp³-hybridized carbons (Fsp3) is 0.316. The molecular formula is C19H20F3NO4. The second kappa shape index (κ2) is 8.77. The van der Waals surface area contributed by atoms with Gasteiger partial charge in [0.1, 0.15) is 18.2 Å². The molecule has 2 aromatic rings. The molecule has 1 N–H and O–H groups in total. The maximum atomic E-state index is 14.2. The highest BCUT2D eigenvalue weighted by atomic mass is 19.3. The Labute approximate surface area is 154 Å². The number of methoxy groups -OCH3 is 1. The average Bonchev–Trinajstić information content (AvgIpc) is 2.65. The smallest absolute Gasteiger partial charge is 0.438 e. The summed E-state index contributed by atoms with van der Waals surface area (Å²) in [5.41, 5.74) is 0.842. The van der Waals surface area contributed by atoms with Crippen LogP contribution in [0, 0.1) is 12.7 Å². The molecule has 0 saturated heterocycles. The van der Waals surface area contributed by atoms with Crippen molar-refractivity contribution in [3.63, 3.8) is 0 Å². The molecule has 0 aromatic heterocycles. The summed E-state index contributed by atoms with van der Waals surface area (Å²) < 4.78 is 50.8. The van der Waals surface area contributed by atoms with Crippen molar-refractivity contribution in [2.24, 2.45) is 0 Å². The number of nitrogens with zero attached hydrogens (tertiary/aromatic N) is 1. The van der Waals surface area contributed by atoms with E-state index in [1.165, 1.54) is 24.3 Å². The Morgan fingerprint density at radius 2 is 2.00 bits per heavy atom. The minimum atomic E-state index is -2.77. The van der Waals surface area contributed by atoms with Crippen LogP contribution in [-0.2, 0) is 17.8 Å². The summed E-state index contributed by atoms with van der Waals surface area (Å²) in [5.74, 6) is -0.854. The number of benzene rings is 2. The molecule has 0 aliphatic rings. The molecule has 0 bridgehead atoms. The van der Waals surface area contributed by atoms with Gasteiger partial charge in [0.15, 0.2) is 0 Å². The zero-order chi connectivity index (χ0) is 20.1. The van der Waals surface area contributed by atoms with Crippen LogP contribution in [0.4, 0.5) is 23.7 Å². The fourth-order valence-electron chi connectivity index (χ4n) is 2.65. The van der Waals surface area contributed by atoms with Crippen molar-refractivity contribution in [2.75, 3.05) is 12.2 Å². The number of aryl methyl sites for hydroxylation is 2. The van der Waals surface area contributed by atoms with Crippen LogP contribution in [0.25, 0.3) is 0 Å². The first-order chi connectivity index (χ1) is 12.8. The lowest BCUT2D eigenvalue weighted by atomic mass is 10.0. The minimum absolute atomic E-state index is 0.0866. The summed E-state index contributed by atoms with van der Waals surface area (Å²) in [6.07, 6.45) is -3.31. The van der Waals surface area contributed by atoms with Crippen LogP contribution in [0.3, 0.4) is 0 Å². The molecule has 0 heterocycles. The molecule has 0 unspecified atom stereocenters. The Balaban J connectivity index is 2.37. The van der Waals surface area contributed by atoms with Crippen molar-refractivity contribution in [3.8, 4) is 5.75 Å². The zero-order valence-corrected chi connectivity index (χ0v) is 15.1. The van der Waals surface area contributed by atoms with E-state index < -0.39 is 24.9 Å². The minimum Gasteiger partial charge on any atom is -0.488 e. The van der Waals surface area contributed by atoms with Crippen molar-refractivity contribution >= 4 is 11.8 Å². The van der Waals surface area contributed by atoms with Gasteiger partial charge in [-0.1, -0.05) is 13.0 Å². The monoisotopic (exact) mass is 383 g/mol. The number of carbonyl (C=O) groups is 1. The molecule has 0 atom stereocenters. The Morgan fingerprint density at radius 1 is 1.30 bits per heavy atom. The lowest BCUT2D eigenvalue weighted by molar-refractivity contribution is 0.140. The summed E-state index contributed by atoms with van der Waals surface area (Å²) in [7, 11) is 1.05. The van der Waals surface area contributed by atoms with E-state index in [0.29, 0.717) is 6.42 Å². The van der Waals surface area contributed by atoms with Gasteiger partial charge in [-0.3, -0.25) is 5.21 Å². The van der Waals surface area contributed by atoms with E-state index in [-0.39, 0.29) is 27.6 Å². The van der Waals surface area contributed by atoms with Crippen LogP contribution >= 0.6 is 0 Å². The highest BCUT2D eigenvalue weighted by Gasteiger charge is 2.22. The molecule has 2 rings (SSSR count). The number of hydrogen-bond acceptors (Lipinski definition) is 4. The first-order valence-electron chi connectivity index (χ1n) is 8.18. The number of amides is 1. The summed E-state index contributed by atoms with van der Waals surface area (Å²) in [6.45, 7) is 3.15. The Hall–Kier alpha value is -2.74. The van der Waals surface area contributed by atoms with Crippen molar-refractivity contribution < 1.29 is 32.6 Å². The molecule has 8 heteroatoms. The van der Waals surface area contributed by atoms with E-state index in [1.54, 1.807) is 6.92 Å². The number of anilines is 1. The van der Waals surface area contributed by atoms with Crippen LogP contribution < -0.4 is 9.80 Å². The third-order valence-corrected chi connectivity index (χ3v) is 4.13. The summed E-state index contributed by atoms with van der Waals surface area (Å²) in [5, 5.41) is 9.99. The van der Waals surface area contributed by atoms with Crippen molar-refractivity contribution in [1.29, 1.82) is 0 Å². The zero-order valence-electron chi connectivity index (χ0n) is 15.1. The van der Waals surface area contributed by atoms with Gasteiger partial charge in [-0.05, 0) is 48.7 Å². The molecule has 146 valence electrons. The Bertz CT molecular complexity index is 827. The van der Waals surface area contributed by atoms with Gasteiger partial charge in [0.05, 0.1) is 23.9 Å². The van der Waals surface area contributed by atoms with E-state index in [9.17, 15) is 23.2 Å². The van der Waals surface area contributed by atoms with Gasteiger partial charge in [0.25, 0.3) is 6.43 Å². The summed E-state index contributed by atoms with van der Waals surface area (Å²) in [4.78, 5) is 11.5.